The molecule has 1 saturated carbocycles. The van der Waals surface area contributed by atoms with Crippen molar-refractivity contribution in [2.45, 2.75) is 75.2 Å². The predicted octanol–water partition coefficient (Wildman–Crippen LogP) is 2.32. The van der Waals surface area contributed by atoms with Gasteiger partial charge in [-0.1, -0.05) is 6.42 Å². The van der Waals surface area contributed by atoms with Crippen LogP contribution in [0.2, 0.25) is 0 Å². The minimum atomic E-state index is -1.21. The van der Waals surface area contributed by atoms with Gasteiger partial charge < -0.3 is 25.2 Å². The number of carboxylic acid groups (broad SMARTS) is 1. The van der Waals surface area contributed by atoms with Crippen molar-refractivity contribution in [3.63, 3.8) is 0 Å². The topological polar surface area (TPSA) is 134 Å². The molecule has 1 amide bonds. The average molecular weight is 475 g/mol. The van der Waals surface area contributed by atoms with E-state index in [1.807, 2.05) is 11.0 Å². The number of likely N-dealkylation sites (tertiary alicyclic amines) is 1. The number of anilines is 2. The fraction of sp³-hybridized carbons (Fsp3) is 0.739. The Morgan fingerprint density at radius 2 is 1.94 bits per heavy atom. The quantitative estimate of drug-likeness (QED) is 0.612. The first-order valence-corrected chi connectivity index (χ1v) is 12.4. The lowest BCUT2D eigenvalue weighted by Crippen LogP contribution is -2.58. The Balaban J connectivity index is 1.23. The largest absolute Gasteiger partial charge is 0.506 e. The van der Waals surface area contributed by atoms with Gasteiger partial charge in [-0.2, -0.15) is 4.98 Å². The first-order chi connectivity index (χ1) is 16.4. The summed E-state index contributed by atoms with van der Waals surface area (Å²) in [7, 11) is 0. The molecule has 1 aromatic rings. The maximum absolute atomic E-state index is 13.2. The molecule has 1 aliphatic carbocycles. The summed E-state index contributed by atoms with van der Waals surface area (Å²) in [6.45, 7) is 3.83. The third-order valence-corrected chi connectivity index (χ3v) is 7.91. The zero-order chi connectivity index (χ0) is 23.7. The molecule has 3 saturated heterocycles. The summed E-state index contributed by atoms with van der Waals surface area (Å²) in [6, 6.07) is 2.12. The molecule has 4 aliphatic rings. The molecule has 2 unspecified atom stereocenters. The van der Waals surface area contributed by atoms with Gasteiger partial charge in [0.1, 0.15) is 17.5 Å². The lowest BCUT2D eigenvalue weighted by Gasteiger charge is -2.45. The van der Waals surface area contributed by atoms with Crippen molar-refractivity contribution in [1.82, 2.24) is 19.8 Å². The van der Waals surface area contributed by atoms with E-state index in [0.717, 1.165) is 70.5 Å². The van der Waals surface area contributed by atoms with Crippen molar-refractivity contribution in [2.75, 3.05) is 43.4 Å². The number of piperidine rings is 2. The van der Waals surface area contributed by atoms with E-state index in [-0.39, 0.29) is 30.2 Å². The third-order valence-electron chi connectivity index (χ3n) is 7.91. The van der Waals surface area contributed by atoms with Gasteiger partial charge in [0.15, 0.2) is 0 Å². The number of rotatable bonds is 5. The second-order valence-corrected chi connectivity index (χ2v) is 9.95. The predicted molar refractivity (Wildman–Crippen MR) is 124 cm³/mol. The van der Waals surface area contributed by atoms with Crippen LogP contribution in [0.3, 0.4) is 0 Å². The monoisotopic (exact) mass is 474 g/mol. The molecule has 4 heterocycles. The number of hydrogen-bond donors (Lipinski definition) is 2. The number of carbonyl (C=O) groups excluding carboxylic acids is 1. The zero-order valence-corrected chi connectivity index (χ0v) is 19.5. The van der Waals surface area contributed by atoms with Crippen LogP contribution in [-0.2, 0) is 9.47 Å². The number of nitrogen functional groups attached to an aromatic ring is 1. The van der Waals surface area contributed by atoms with E-state index in [2.05, 4.69) is 19.8 Å². The molecule has 3 aliphatic heterocycles. The number of amides is 1. The number of nitrogens with two attached hydrogens (primary N) is 1. The van der Waals surface area contributed by atoms with Gasteiger partial charge in [-0.25, -0.2) is 14.6 Å². The first-order valence-electron chi connectivity index (χ1n) is 12.4. The Labute approximate surface area is 199 Å². The number of hydrogen-bond acceptors (Lipinski definition) is 9. The molecule has 3 N–H and O–H groups in total. The zero-order valence-electron chi connectivity index (χ0n) is 19.5. The van der Waals surface area contributed by atoms with Gasteiger partial charge in [0, 0.05) is 45.0 Å². The maximum Gasteiger partial charge on any atom is 0.506 e. The van der Waals surface area contributed by atoms with Gasteiger partial charge >= 0.3 is 12.2 Å². The van der Waals surface area contributed by atoms with E-state index >= 15 is 0 Å². The van der Waals surface area contributed by atoms with Crippen molar-refractivity contribution in [1.29, 1.82) is 0 Å². The standard InChI is InChI=1S/C23H34N6O5/c24-20-25-10-4-19(26-20)28-13-5-16(6-14-28)29-18-3-1-2-9-23(18,34-21(29)30)15-27-11-7-17(8-12-27)33-22(31)32/h4,10,16-18H,1-3,5-9,11-15H2,(H,31,32)(H2,24,25,26). The summed E-state index contributed by atoms with van der Waals surface area (Å²) in [5.41, 5.74) is 5.27. The SMILES string of the molecule is Nc1nccc(N2CCC(N3C(=O)OC4(CN5CCC(OC(=O)O)CC5)CCCCC34)CC2)n1. The smallest absolute Gasteiger partial charge is 0.450 e. The van der Waals surface area contributed by atoms with Crippen LogP contribution in [0.5, 0.6) is 0 Å². The average Bonchev–Trinajstić information content (AvgIpc) is 3.11. The number of nitrogens with zero attached hydrogens (tertiary/aromatic N) is 5. The summed E-state index contributed by atoms with van der Waals surface area (Å²) >= 11 is 0. The van der Waals surface area contributed by atoms with Crippen molar-refractivity contribution < 1.29 is 24.2 Å². The molecule has 0 bridgehead atoms. The van der Waals surface area contributed by atoms with E-state index in [4.69, 9.17) is 20.3 Å². The normalized spacial score (nSPS) is 29.1. The van der Waals surface area contributed by atoms with Gasteiger partial charge in [-0.3, -0.25) is 9.80 Å². The summed E-state index contributed by atoms with van der Waals surface area (Å²) in [5, 5.41) is 8.88. The Morgan fingerprint density at radius 1 is 1.18 bits per heavy atom. The van der Waals surface area contributed by atoms with Crippen LogP contribution in [0, 0.1) is 0 Å². The molecule has 34 heavy (non-hydrogen) atoms. The number of aromatic nitrogens is 2. The molecular weight excluding hydrogens is 440 g/mol. The fourth-order valence-electron chi connectivity index (χ4n) is 6.30. The van der Waals surface area contributed by atoms with Gasteiger partial charge in [0.25, 0.3) is 0 Å². The Kier molecular flexibility index (Phi) is 6.37. The number of carbonyl (C=O) groups is 2. The van der Waals surface area contributed by atoms with Crippen LogP contribution in [0.4, 0.5) is 21.4 Å². The summed E-state index contributed by atoms with van der Waals surface area (Å²) in [6.07, 6.45) is 7.13. The van der Waals surface area contributed by atoms with E-state index < -0.39 is 11.8 Å². The van der Waals surface area contributed by atoms with Crippen LogP contribution in [0.1, 0.15) is 51.4 Å². The molecule has 0 spiro atoms. The highest BCUT2D eigenvalue weighted by atomic mass is 16.7. The van der Waals surface area contributed by atoms with Crippen LogP contribution in [0.15, 0.2) is 12.3 Å². The second-order valence-electron chi connectivity index (χ2n) is 9.95. The molecule has 11 heteroatoms. The van der Waals surface area contributed by atoms with Crippen molar-refractivity contribution >= 4 is 24.0 Å². The molecule has 0 aromatic carbocycles. The van der Waals surface area contributed by atoms with E-state index in [0.29, 0.717) is 19.4 Å². The summed E-state index contributed by atoms with van der Waals surface area (Å²) in [5.74, 6) is 1.10. The Bertz CT molecular complexity index is 902. The number of fused-ring (bicyclic) bond motifs is 1. The van der Waals surface area contributed by atoms with Gasteiger partial charge in [0.05, 0.1) is 6.04 Å². The van der Waals surface area contributed by atoms with Crippen LogP contribution in [0.25, 0.3) is 0 Å². The first kappa shape index (κ1) is 22.9. The van der Waals surface area contributed by atoms with E-state index in [1.165, 1.54) is 0 Å². The molecule has 2 atom stereocenters. The van der Waals surface area contributed by atoms with Crippen LogP contribution < -0.4 is 10.6 Å². The molecular formula is C23H34N6O5. The van der Waals surface area contributed by atoms with Crippen molar-refractivity contribution in [2.24, 2.45) is 0 Å². The Hall–Kier alpha value is -2.82. The minimum Gasteiger partial charge on any atom is -0.450 e. The molecule has 5 rings (SSSR count). The van der Waals surface area contributed by atoms with Gasteiger partial charge in [-0.15, -0.1) is 0 Å². The van der Waals surface area contributed by atoms with Gasteiger partial charge in [0.2, 0.25) is 5.95 Å². The fourth-order valence-corrected chi connectivity index (χ4v) is 6.30. The molecule has 1 aromatic heterocycles. The molecule has 0 radical (unpaired) electrons. The van der Waals surface area contributed by atoms with Crippen LogP contribution >= 0.6 is 0 Å². The number of ether oxygens (including phenoxy) is 2. The van der Waals surface area contributed by atoms with E-state index in [9.17, 15) is 9.59 Å². The van der Waals surface area contributed by atoms with Crippen LogP contribution in [-0.4, -0.2) is 93.6 Å². The van der Waals surface area contributed by atoms with Crippen molar-refractivity contribution in [3.05, 3.63) is 12.3 Å². The molecule has 186 valence electrons. The molecule has 4 fully saturated rings. The lowest BCUT2D eigenvalue weighted by atomic mass is 9.78. The highest BCUT2D eigenvalue weighted by Gasteiger charge is 2.57. The highest BCUT2D eigenvalue weighted by Crippen LogP contribution is 2.44. The van der Waals surface area contributed by atoms with Gasteiger partial charge in [-0.05, 0) is 51.0 Å². The minimum absolute atomic E-state index is 0.0907. The maximum atomic E-state index is 13.2. The summed E-state index contributed by atoms with van der Waals surface area (Å²) < 4.78 is 11.2. The third kappa shape index (κ3) is 4.57. The Morgan fingerprint density at radius 3 is 2.65 bits per heavy atom. The summed E-state index contributed by atoms with van der Waals surface area (Å²) in [4.78, 5) is 38.9. The molecule has 11 nitrogen and oxygen atoms in total. The second kappa shape index (κ2) is 9.44. The highest BCUT2D eigenvalue weighted by molar-refractivity contribution is 5.72. The van der Waals surface area contributed by atoms with Crippen molar-refractivity contribution in [3.8, 4) is 0 Å². The lowest BCUT2D eigenvalue weighted by molar-refractivity contribution is -0.0407. The van der Waals surface area contributed by atoms with E-state index in [1.54, 1.807) is 6.20 Å².